The van der Waals surface area contributed by atoms with Gasteiger partial charge in [-0.25, -0.2) is 0 Å². The first-order valence-electron chi connectivity index (χ1n) is 8.52. The van der Waals surface area contributed by atoms with Gasteiger partial charge in [0.1, 0.15) is 12.4 Å². The summed E-state index contributed by atoms with van der Waals surface area (Å²) in [6, 6.07) is 10.2. The summed E-state index contributed by atoms with van der Waals surface area (Å²) in [5, 5.41) is 6.65. The molecule has 142 valence electrons. The van der Waals surface area contributed by atoms with Crippen molar-refractivity contribution in [1.82, 2.24) is 10.6 Å². The van der Waals surface area contributed by atoms with Crippen LogP contribution in [0.3, 0.4) is 0 Å². The van der Waals surface area contributed by atoms with Crippen molar-refractivity contribution in [2.24, 2.45) is 4.99 Å². The lowest BCUT2D eigenvalue weighted by Crippen LogP contribution is -2.37. The number of benzene rings is 1. The molecule has 0 unspecified atom stereocenters. The molecule has 0 amide bonds. The molecule has 2 rings (SSSR count). The fourth-order valence-electron chi connectivity index (χ4n) is 2.37. The maximum Gasteiger partial charge on any atom is 0.191 e. The highest BCUT2D eigenvalue weighted by Crippen LogP contribution is 2.21. The first-order chi connectivity index (χ1) is 12.6. The smallest absolute Gasteiger partial charge is 0.191 e. The number of methoxy groups -OCH3 is 1. The maximum absolute atomic E-state index is 5.96. The number of nitrogens with one attached hydrogen (secondary N) is 2. The zero-order chi connectivity index (χ0) is 18.8. The minimum Gasteiger partial charge on any atom is -0.491 e. The molecule has 2 N–H and O–H groups in total. The van der Waals surface area contributed by atoms with E-state index in [1.807, 2.05) is 12.1 Å². The molecule has 0 saturated heterocycles. The normalized spacial score (nSPS) is 11.5. The van der Waals surface area contributed by atoms with Gasteiger partial charge >= 0.3 is 0 Å². The summed E-state index contributed by atoms with van der Waals surface area (Å²) in [5.74, 6) is 1.63. The number of aryl methyl sites for hydroxylation is 1. The summed E-state index contributed by atoms with van der Waals surface area (Å²) in [5.41, 5.74) is 2.25. The van der Waals surface area contributed by atoms with Crippen molar-refractivity contribution in [1.29, 1.82) is 0 Å². The molecule has 0 aliphatic heterocycles. The largest absolute Gasteiger partial charge is 0.491 e. The average Bonchev–Trinajstić information content (AvgIpc) is 3.04. The van der Waals surface area contributed by atoms with E-state index in [0.29, 0.717) is 19.8 Å². The number of aliphatic imine (C=N–C) groups is 1. The molecule has 0 bridgehead atoms. The fraction of sp³-hybridized carbons (Fsp3) is 0.421. The quantitative estimate of drug-likeness (QED) is 0.386. The summed E-state index contributed by atoms with van der Waals surface area (Å²) in [6.45, 7) is 4.58. The van der Waals surface area contributed by atoms with Gasteiger partial charge in [-0.1, -0.05) is 23.7 Å². The molecule has 1 aromatic heterocycles. The number of thiophene rings is 1. The van der Waals surface area contributed by atoms with Crippen LogP contribution < -0.4 is 15.4 Å². The van der Waals surface area contributed by atoms with Gasteiger partial charge < -0.3 is 20.1 Å². The van der Waals surface area contributed by atoms with Crippen LogP contribution in [0.15, 0.2) is 35.3 Å². The van der Waals surface area contributed by atoms with Crippen LogP contribution >= 0.6 is 22.9 Å². The molecule has 0 aliphatic carbocycles. The van der Waals surface area contributed by atoms with Crippen molar-refractivity contribution in [3.05, 3.63) is 50.7 Å². The summed E-state index contributed by atoms with van der Waals surface area (Å²) >= 11 is 7.57. The molecule has 0 aliphatic rings. The molecule has 5 nitrogen and oxygen atoms in total. The molecular weight excluding hydrogens is 370 g/mol. The zero-order valence-corrected chi connectivity index (χ0v) is 17.0. The predicted molar refractivity (Wildman–Crippen MR) is 110 cm³/mol. The molecule has 1 aromatic carbocycles. The van der Waals surface area contributed by atoms with Crippen LogP contribution in [0.25, 0.3) is 0 Å². The maximum atomic E-state index is 5.96. The van der Waals surface area contributed by atoms with E-state index >= 15 is 0 Å². The van der Waals surface area contributed by atoms with Crippen LogP contribution in [-0.2, 0) is 17.7 Å². The number of ether oxygens (including phenoxy) is 2. The summed E-state index contributed by atoms with van der Waals surface area (Å²) in [4.78, 5) is 5.53. The third-order valence-electron chi connectivity index (χ3n) is 3.73. The Kier molecular flexibility index (Phi) is 8.74. The van der Waals surface area contributed by atoms with E-state index in [0.717, 1.165) is 34.6 Å². The van der Waals surface area contributed by atoms with Crippen LogP contribution in [-0.4, -0.2) is 39.9 Å². The van der Waals surface area contributed by atoms with Gasteiger partial charge in [0.2, 0.25) is 0 Å². The van der Waals surface area contributed by atoms with Gasteiger partial charge in [0.05, 0.1) is 10.9 Å². The summed E-state index contributed by atoms with van der Waals surface area (Å²) in [6.07, 6.45) is 0.911. The van der Waals surface area contributed by atoms with E-state index in [4.69, 9.17) is 21.1 Å². The zero-order valence-electron chi connectivity index (χ0n) is 15.5. The fourth-order valence-corrected chi connectivity index (χ4v) is 3.45. The van der Waals surface area contributed by atoms with E-state index in [2.05, 4.69) is 40.7 Å². The third-order valence-corrected chi connectivity index (χ3v) is 5.02. The molecular formula is C19H26ClN3O2S. The number of rotatable bonds is 9. The molecule has 0 fully saturated rings. The number of hydrogen-bond acceptors (Lipinski definition) is 4. The second-order valence-electron chi connectivity index (χ2n) is 5.76. The Hall–Kier alpha value is -1.76. The number of guanidine groups is 1. The number of halogens is 1. The molecule has 2 aromatic rings. The van der Waals surface area contributed by atoms with Crippen LogP contribution in [0.5, 0.6) is 5.75 Å². The van der Waals surface area contributed by atoms with Gasteiger partial charge in [0.15, 0.2) is 5.96 Å². The first kappa shape index (κ1) is 20.6. The van der Waals surface area contributed by atoms with Gasteiger partial charge in [-0.15, -0.1) is 11.3 Å². The third kappa shape index (κ3) is 6.86. The van der Waals surface area contributed by atoms with Gasteiger partial charge in [-0.3, -0.25) is 4.99 Å². The monoisotopic (exact) mass is 395 g/mol. The van der Waals surface area contributed by atoms with Crippen molar-refractivity contribution < 1.29 is 9.47 Å². The topological polar surface area (TPSA) is 54.9 Å². The molecule has 0 radical (unpaired) electrons. The van der Waals surface area contributed by atoms with Crippen LogP contribution in [0.2, 0.25) is 4.34 Å². The number of hydrogen-bond donors (Lipinski definition) is 2. The second kappa shape index (κ2) is 11.1. The predicted octanol–water partition coefficient (Wildman–Crippen LogP) is 3.64. The lowest BCUT2D eigenvalue weighted by molar-refractivity contribution is 0.145. The van der Waals surface area contributed by atoms with Gasteiger partial charge in [0, 0.05) is 37.7 Å². The minimum absolute atomic E-state index is 0.531. The molecule has 26 heavy (non-hydrogen) atoms. The Morgan fingerprint density at radius 1 is 1.19 bits per heavy atom. The van der Waals surface area contributed by atoms with E-state index < -0.39 is 0 Å². The van der Waals surface area contributed by atoms with E-state index in [1.54, 1.807) is 25.5 Å². The van der Waals surface area contributed by atoms with Gasteiger partial charge in [0.25, 0.3) is 0 Å². The Bertz CT molecular complexity index is 719. The molecule has 1 heterocycles. The van der Waals surface area contributed by atoms with Crippen LogP contribution in [0.1, 0.15) is 16.0 Å². The summed E-state index contributed by atoms with van der Waals surface area (Å²) in [7, 11) is 3.43. The van der Waals surface area contributed by atoms with E-state index in [9.17, 15) is 0 Å². The summed E-state index contributed by atoms with van der Waals surface area (Å²) < 4.78 is 11.7. The highest BCUT2D eigenvalue weighted by Gasteiger charge is 2.06. The molecule has 7 heteroatoms. The highest BCUT2D eigenvalue weighted by molar-refractivity contribution is 7.16. The van der Waals surface area contributed by atoms with Crippen LogP contribution in [0.4, 0.5) is 0 Å². The van der Waals surface area contributed by atoms with Gasteiger partial charge in [-0.05, 0) is 37.1 Å². The Labute approximate surface area is 164 Å². The Morgan fingerprint density at radius 3 is 2.73 bits per heavy atom. The second-order valence-corrected chi connectivity index (χ2v) is 7.56. The lowest BCUT2D eigenvalue weighted by atomic mass is 10.1. The van der Waals surface area contributed by atoms with E-state index in [-0.39, 0.29) is 0 Å². The minimum atomic E-state index is 0.531. The van der Waals surface area contributed by atoms with Gasteiger partial charge in [-0.2, -0.15) is 0 Å². The molecule has 0 saturated carbocycles. The highest BCUT2D eigenvalue weighted by atomic mass is 35.5. The molecule has 0 spiro atoms. The number of nitrogens with zero attached hydrogens (tertiary/aromatic N) is 1. The standard InChI is InChI=1S/C19H26ClN3O2S/c1-14-4-5-15(17(12-14)25-11-10-24-3)13-23-19(21-2)22-9-8-16-6-7-18(20)26-16/h4-7,12H,8-11,13H2,1-3H3,(H2,21,22,23). The first-order valence-corrected chi connectivity index (χ1v) is 9.72. The van der Waals surface area contributed by atoms with Crippen LogP contribution in [0, 0.1) is 6.92 Å². The Morgan fingerprint density at radius 2 is 2.04 bits per heavy atom. The van der Waals surface area contributed by atoms with Crippen molar-refractivity contribution in [3.8, 4) is 5.75 Å². The van der Waals surface area contributed by atoms with Crippen molar-refractivity contribution in [2.75, 3.05) is 33.9 Å². The average molecular weight is 396 g/mol. The van der Waals surface area contributed by atoms with Crippen molar-refractivity contribution in [3.63, 3.8) is 0 Å². The van der Waals surface area contributed by atoms with Crippen molar-refractivity contribution >= 4 is 28.9 Å². The van der Waals surface area contributed by atoms with E-state index in [1.165, 1.54) is 10.4 Å². The Balaban J connectivity index is 1.85. The van der Waals surface area contributed by atoms with Crippen molar-refractivity contribution in [2.45, 2.75) is 19.9 Å². The molecule has 0 atom stereocenters. The SMILES string of the molecule is CN=C(NCCc1ccc(Cl)s1)NCc1ccc(C)cc1OCCOC. The lowest BCUT2D eigenvalue weighted by Gasteiger charge is -2.15.